The van der Waals surface area contributed by atoms with Crippen molar-refractivity contribution in [3.05, 3.63) is 64.7 Å². The highest BCUT2D eigenvalue weighted by molar-refractivity contribution is 6.03. The van der Waals surface area contributed by atoms with Crippen LogP contribution in [0.25, 0.3) is 11.5 Å². The summed E-state index contributed by atoms with van der Waals surface area (Å²) in [6.07, 6.45) is 4.70. The SMILES string of the molecule is Cc1cccc(C(=O)Nc2nnc(-c3ccc4c(c3)CCCC4)o2)c1. The summed E-state index contributed by atoms with van der Waals surface area (Å²) in [5.74, 6) is 0.164. The van der Waals surface area contributed by atoms with E-state index in [2.05, 4.69) is 27.6 Å². The molecule has 126 valence electrons. The minimum absolute atomic E-state index is 0.110. The predicted octanol–water partition coefficient (Wildman–Crippen LogP) is 4.18. The maximum absolute atomic E-state index is 12.3. The first kappa shape index (κ1) is 15.6. The van der Waals surface area contributed by atoms with E-state index in [1.807, 2.05) is 31.2 Å². The highest BCUT2D eigenvalue weighted by atomic mass is 16.4. The number of rotatable bonds is 3. The molecule has 0 spiro atoms. The molecule has 0 unspecified atom stereocenters. The van der Waals surface area contributed by atoms with E-state index in [1.165, 1.54) is 24.0 Å². The van der Waals surface area contributed by atoms with E-state index in [1.54, 1.807) is 6.07 Å². The first-order valence-electron chi connectivity index (χ1n) is 8.53. The second-order valence-electron chi connectivity index (χ2n) is 6.43. The van der Waals surface area contributed by atoms with E-state index >= 15 is 0 Å². The van der Waals surface area contributed by atoms with Crippen molar-refractivity contribution < 1.29 is 9.21 Å². The molecule has 0 saturated heterocycles. The van der Waals surface area contributed by atoms with Crippen LogP contribution in [0.15, 0.2) is 46.9 Å². The summed E-state index contributed by atoms with van der Waals surface area (Å²) < 4.78 is 5.63. The molecule has 3 aromatic rings. The molecule has 2 aromatic carbocycles. The Morgan fingerprint density at radius 1 is 1.04 bits per heavy atom. The Hall–Kier alpha value is -2.95. The number of carbonyl (C=O) groups is 1. The molecule has 0 fully saturated rings. The largest absolute Gasteiger partial charge is 0.403 e. The van der Waals surface area contributed by atoms with Gasteiger partial charge in [-0.25, -0.2) is 0 Å². The second kappa shape index (κ2) is 6.51. The Balaban J connectivity index is 1.53. The number of nitrogens with zero attached hydrogens (tertiary/aromatic N) is 2. The fourth-order valence-corrected chi connectivity index (χ4v) is 3.21. The van der Waals surface area contributed by atoms with E-state index in [4.69, 9.17) is 4.42 Å². The Kier molecular flexibility index (Phi) is 4.06. The van der Waals surface area contributed by atoms with Crippen molar-refractivity contribution in [2.45, 2.75) is 32.6 Å². The van der Waals surface area contributed by atoms with Crippen LogP contribution in [0.1, 0.15) is 39.9 Å². The van der Waals surface area contributed by atoms with Crippen LogP contribution in [0, 0.1) is 6.92 Å². The van der Waals surface area contributed by atoms with Gasteiger partial charge in [-0.15, -0.1) is 5.10 Å². The van der Waals surface area contributed by atoms with Gasteiger partial charge in [-0.1, -0.05) is 28.9 Å². The zero-order chi connectivity index (χ0) is 17.2. The Bertz CT molecular complexity index is 930. The van der Waals surface area contributed by atoms with Crippen molar-refractivity contribution in [2.75, 3.05) is 5.32 Å². The molecule has 0 radical (unpaired) electrons. The number of nitrogens with one attached hydrogen (secondary N) is 1. The lowest BCUT2D eigenvalue weighted by Gasteiger charge is -2.15. The summed E-state index contributed by atoms with van der Waals surface area (Å²) in [5.41, 5.74) is 5.24. The number of anilines is 1. The van der Waals surface area contributed by atoms with Gasteiger partial charge < -0.3 is 4.42 Å². The zero-order valence-electron chi connectivity index (χ0n) is 14.1. The van der Waals surface area contributed by atoms with Crippen LogP contribution in [0.5, 0.6) is 0 Å². The molecule has 0 bridgehead atoms. The van der Waals surface area contributed by atoms with Gasteiger partial charge in [-0.3, -0.25) is 10.1 Å². The number of aromatic nitrogens is 2. The molecular formula is C20H19N3O2. The Morgan fingerprint density at radius 3 is 2.72 bits per heavy atom. The smallest absolute Gasteiger partial charge is 0.322 e. The number of amides is 1. The van der Waals surface area contributed by atoms with Crippen LogP contribution in [0.3, 0.4) is 0 Å². The minimum atomic E-state index is -0.260. The third kappa shape index (κ3) is 3.31. The van der Waals surface area contributed by atoms with Gasteiger partial charge in [-0.2, -0.15) is 0 Å². The second-order valence-corrected chi connectivity index (χ2v) is 6.43. The quantitative estimate of drug-likeness (QED) is 0.781. The number of aryl methyl sites for hydroxylation is 3. The highest BCUT2D eigenvalue weighted by Gasteiger charge is 2.15. The normalized spacial score (nSPS) is 13.3. The van der Waals surface area contributed by atoms with Crippen molar-refractivity contribution >= 4 is 11.9 Å². The van der Waals surface area contributed by atoms with E-state index in [0.29, 0.717) is 11.5 Å². The molecule has 1 heterocycles. The third-order valence-corrected chi connectivity index (χ3v) is 4.52. The van der Waals surface area contributed by atoms with Crippen LogP contribution in [-0.4, -0.2) is 16.1 Å². The molecule has 4 rings (SSSR count). The van der Waals surface area contributed by atoms with Crippen molar-refractivity contribution in [1.29, 1.82) is 0 Å². The zero-order valence-corrected chi connectivity index (χ0v) is 14.1. The van der Waals surface area contributed by atoms with Crippen LogP contribution in [0.2, 0.25) is 0 Å². The number of hydrogen-bond donors (Lipinski definition) is 1. The first-order valence-corrected chi connectivity index (χ1v) is 8.53. The molecule has 25 heavy (non-hydrogen) atoms. The van der Waals surface area contributed by atoms with E-state index in [-0.39, 0.29) is 11.9 Å². The fraction of sp³-hybridized carbons (Fsp3) is 0.250. The van der Waals surface area contributed by atoms with Gasteiger partial charge in [-0.05, 0) is 68.0 Å². The maximum atomic E-state index is 12.3. The molecular weight excluding hydrogens is 314 g/mol. The van der Waals surface area contributed by atoms with Crippen LogP contribution >= 0.6 is 0 Å². The summed E-state index contributed by atoms with van der Waals surface area (Å²) in [7, 11) is 0. The molecule has 0 saturated carbocycles. The number of fused-ring (bicyclic) bond motifs is 1. The predicted molar refractivity (Wildman–Crippen MR) is 95.5 cm³/mol. The van der Waals surface area contributed by atoms with Crippen LogP contribution in [-0.2, 0) is 12.8 Å². The van der Waals surface area contributed by atoms with E-state index in [9.17, 15) is 4.79 Å². The van der Waals surface area contributed by atoms with Crippen molar-refractivity contribution in [2.24, 2.45) is 0 Å². The molecule has 1 aromatic heterocycles. The molecule has 1 amide bonds. The van der Waals surface area contributed by atoms with Crippen LogP contribution < -0.4 is 5.32 Å². The van der Waals surface area contributed by atoms with Gasteiger partial charge in [0.1, 0.15) is 0 Å². The summed E-state index contributed by atoms with van der Waals surface area (Å²) in [5, 5.41) is 10.7. The van der Waals surface area contributed by atoms with Crippen molar-refractivity contribution in [3.63, 3.8) is 0 Å². The van der Waals surface area contributed by atoms with Gasteiger partial charge in [0.25, 0.3) is 5.91 Å². The van der Waals surface area contributed by atoms with Gasteiger partial charge >= 0.3 is 6.01 Å². The van der Waals surface area contributed by atoms with Crippen molar-refractivity contribution in [1.82, 2.24) is 10.2 Å². The van der Waals surface area contributed by atoms with E-state index < -0.39 is 0 Å². The molecule has 1 aliphatic carbocycles. The number of carbonyl (C=O) groups excluding carboxylic acids is 1. The average molecular weight is 333 g/mol. The van der Waals surface area contributed by atoms with Crippen LogP contribution in [0.4, 0.5) is 6.01 Å². The highest BCUT2D eigenvalue weighted by Crippen LogP contribution is 2.27. The lowest BCUT2D eigenvalue weighted by Crippen LogP contribution is -2.12. The Labute approximate surface area is 146 Å². The lowest BCUT2D eigenvalue weighted by atomic mass is 9.90. The molecule has 0 aliphatic heterocycles. The topological polar surface area (TPSA) is 68.0 Å². The monoisotopic (exact) mass is 333 g/mol. The van der Waals surface area contributed by atoms with E-state index in [0.717, 1.165) is 24.0 Å². The summed E-state index contributed by atoms with van der Waals surface area (Å²) in [6, 6.07) is 13.7. The number of hydrogen-bond acceptors (Lipinski definition) is 4. The van der Waals surface area contributed by atoms with Gasteiger partial charge in [0.05, 0.1) is 0 Å². The third-order valence-electron chi connectivity index (χ3n) is 4.52. The van der Waals surface area contributed by atoms with Gasteiger partial charge in [0.15, 0.2) is 0 Å². The standard InChI is InChI=1S/C20H19N3O2/c1-13-5-4-8-16(11-13)18(24)21-20-23-22-19(25-20)17-10-9-14-6-2-3-7-15(14)12-17/h4-5,8-12H,2-3,6-7H2,1H3,(H,21,23,24). The Morgan fingerprint density at radius 2 is 1.88 bits per heavy atom. The summed E-state index contributed by atoms with van der Waals surface area (Å²) in [4.78, 5) is 12.3. The lowest BCUT2D eigenvalue weighted by molar-refractivity contribution is 0.102. The molecule has 5 nitrogen and oxygen atoms in total. The van der Waals surface area contributed by atoms with Gasteiger partial charge in [0, 0.05) is 11.1 Å². The first-order chi connectivity index (χ1) is 12.2. The molecule has 5 heteroatoms. The fourth-order valence-electron chi connectivity index (χ4n) is 3.21. The minimum Gasteiger partial charge on any atom is -0.403 e. The van der Waals surface area contributed by atoms with Gasteiger partial charge in [0.2, 0.25) is 5.89 Å². The maximum Gasteiger partial charge on any atom is 0.322 e. The molecule has 1 aliphatic rings. The number of benzene rings is 2. The average Bonchev–Trinajstić information content (AvgIpc) is 3.10. The van der Waals surface area contributed by atoms with Crippen molar-refractivity contribution in [3.8, 4) is 11.5 Å². The molecule has 1 N–H and O–H groups in total. The summed E-state index contributed by atoms with van der Waals surface area (Å²) in [6.45, 7) is 1.94. The molecule has 0 atom stereocenters. The summed E-state index contributed by atoms with van der Waals surface area (Å²) >= 11 is 0.